The van der Waals surface area contributed by atoms with Crippen LogP contribution in [0.5, 0.6) is 17.2 Å². The van der Waals surface area contributed by atoms with Gasteiger partial charge in [-0.1, -0.05) is 44.8 Å². The van der Waals surface area contributed by atoms with E-state index in [0.29, 0.717) is 5.56 Å². The van der Waals surface area contributed by atoms with E-state index < -0.39 is 22.6 Å². The molecule has 1 N–H and O–H groups in total. The fourth-order valence-electron chi connectivity index (χ4n) is 2.19. The number of sulfone groups is 1. The van der Waals surface area contributed by atoms with Gasteiger partial charge in [0.15, 0.2) is 27.9 Å². The van der Waals surface area contributed by atoms with Gasteiger partial charge in [-0.3, -0.25) is 0 Å². The summed E-state index contributed by atoms with van der Waals surface area (Å²) >= 11 is 6.85. The maximum absolute atomic E-state index is 12.5. The summed E-state index contributed by atoms with van der Waals surface area (Å²) < 4.78 is 71.7. The average Bonchev–Trinajstić information content (AvgIpc) is 2.70. The van der Waals surface area contributed by atoms with Gasteiger partial charge in [-0.25, -0.2) is 8.42 Å². The first-order valence-corrected chi connectivity index (χ1v) is 12.2. The van der Waals surface area contributed by atoms with Crippen molar-refractivity contribution in [2.45, 2.75) is 27.6 Å². The number of rotatable bonds is 9. The molecule has 0 amide bonds. The van der Waals surface area contributed by atoms with Crippen LogP contribution in [0.25, 0.3) is 6.08 Å². The molecule has 2 atom stereocenters. The van der Waals surface area contributed by atoms with E-state index in [4.69, 9.17) is 4.74 Å². The highest BCUT2D eigenvalue weighted by atomic mass is 79.9. The lowest BCUT2D eigenvalue weighted by Crippen LogP contribution is -2.19. The molecule has 0 spiro atoms. The standard InChI is InChI=1S/C20H19Br2F3O5S/c1-13(21)17(22)11-29-19-10-14(2-7-18(19)26)8-9-31(27,28)16-5-3-15(4-6-16)30-12-20(23,24)25/h2-10,13,17,26H,11-12H2,1H3/b9-8+. The van der Waals surface area contributed by atoms with Gasteiger partial charge in [0, 0.05) is 10.2 Å². The van der Waals surface area contributed by atoms with Gasteiger partial charge in [0.2, 0.25) is 0 Å². The van der Waals surface area contributed by atoms with Crippen molar-refractivity contribution in [3.8, 4) is 17.2 Å². The van der Waals surface area contributed by atoms with Crippen LogP contribution in [0.3, 0.4) is 0 Å². The number of aromatic hydroxyl groups is 1. The van der Waals surface area contributed by atoms with Crippen LogP contribution in [0.1, 0.15) is 12.5 Å². The van der Waals surface area contributed by atoms with E-state index in [1.54, 1.807) is 0 Å². The van der Waals surface area contributed by atoms with E-state index in [9.17, 15) is 26.7 Å². The smallest absolute Gasteiger partial charge is 0.422 e. The van der Waals surface area contributed by atoms with Crippen molar-refractivity contribution >= 4 is 47.8 Å². The second kappa shape index (κ2) is 10.7. The van der Waals surface area contributed by atoms with Crippen molar-refractivity contribution in [2.75, 3.05) is 13.2 Å². The molecule has 0 aliphatic carbocycles. The van der Waals surface area contributed by atoms with E-state index in [1.165, 1.54) is 24.3 Å². The largest absolute Gasteiger partial charge is 0.504 e. The van der Waals surface area contributed by atoms with Crippen LogP contribution in [0.15, 0.2) is 52.8 Å². The highest BCUT2D eigenvalue weighted by Gasteiger charge is 2.28. The van der Waals surface area contributed by atoms with Gasteiger partial charge in [-0.2, -0.15) is 13.2 Å². The molecule has 0 saturated heterocycles. The van der Waals surface area contributed by atoms with Crippen LogP contribution in [0.2, 0.25) is 0 Å². The third-order valence-electron chi connectivity index (χ3n) is 3.87. The lowest BCUT2D eigenvalue weighted by atomic mass is 10.2. The number of hydrogen-bond donors (Lipinski definition) is 1. The molecule has 2 rings (SSSR count). The summed E-state index contributed by atoms with van der Waals surface area (Å²) in [7, 11) is -3.85. The fourth-order valence-corrected chi connectivity index (χ4v) is 3.48. The molecule has 5 nitrogen and oxygen atoms in total. The van der Waals surface area contributed by atoms with E-state index >= 15 is 0 Å². The zero-order chi connectivity index (χ0) is 23.2. The number of ether oxygens (including phenoxy) is 2. The number of benzene rings is 2. The van der Waals surface area contributed by atoms with Crippen molar-refractivity contribution in [2.24, 2.45) is 0 Å². The Kier molecular flexibility index (Phi) is 8.84. The van der Waals surface area contributed by atoms with Crippen molar-refractivity contribution in [3.05, 3.63) is 53.4 Å². The van der Waals surface area contributed by atoms with E-state index in [-0.39, 0.29) is 38.4 Å². The molecule has 0 aliphatic heterocycles. The molecule has 0 bridgehead atoms. The van der Waals surface area contributed by atoms with Crippen LogP contribution < -0.4 is 9.47 Å². The molecular formula is C20H19Br2F3O5S. The van der Waals surface area contributed by atoms with Crippen molar-refractivity contribution in [3.63, 3.8) is 0 Å². The van der Waals surface area contributed by atoms with Gasteiger partial charge in [-0.05, 0) is 48.0 Å². The lowest BCUT2D eigenvalue weighted by Gasteiger charge is -2.14. The average molecular weight is 588 g/mol. The topological polar surface area (TPSA) is 72.8 Å². The molecule has 0 saturated carbocycles. The highest BCUT2D eigenvalue weighted by Crippen LogP contribution is 2.29. The molecule has 2 aromatic rings. The van der Waals surface area contributed by atoms with Gasteiger partial charge in [0.25, 0.3) is 0 Å². The van der Waals surface area contributed by atoms with Gasteiger partial charge in [0.05, 0.1) is 9.72 Å². The summed E-state index contributed by atoms with van der Waals surface area (Å²) in [5, 5.41) is 10.9. The minimum Gasteiger partial charge on any atom is -0.504 e. The number of phenolic OH excluding ortho intramolecular Hbond substituents is 1. The zero-order valence-electron chi connectivity index (χ0n) is 16.1. The van der Waals surface area contributed by atoms with Gasteiger partial charge in [-0.15, -0.1) is 0 Å². The number of hydrogen-bond acceptors (Lipinski definition) is 5. The molecule has 0 fully saturated rings. The lowest BCUT2D eigenvalue weighted by molar-refractivity contribution is -0.153. The third-order valence-corrected chi connectivity index (χ3v) is 7.70. The Labute approximate surface area is 195 Å². The molecule has 0 heterocycles. The van der Waals surface area contributed by atoms with Crippen molar-refractivity contribution in [1.29, 1.82) is 0 Å². The Hall–Kier alpha value is -1.72. The Morgan fingerprint density at radius 3 is 2.32 bits per heavy atom. The van der Waals surface area contributed by atoms with Gasteiger partial charge < -0.3 is 14.6 Å². The van der Waals surface area contributed by atoms with Gasteiger partial charge >= 0.3 is 6.18 Å². The van der Waals surface area contributed by atoms with E-state index in [0.717, 1.165) is 29.7 Å². The second-order valence-corrected chi connectivity index (χ2v) is 10.9. The van der Waals surface area contributed by atoms with Crippen LogP contribution in [0, 0.1) is 0 Å². The minimum atomic E-state index is -4.48. The maximum Gasteiger partial charge on any atom is 0.422 e. The molecule has 0 aromatic heterocycles. The number of halogens is 5. The van der Waals surface area contributed by atoms with Crippen LogP contribution >= 0.6 is 31.9 Å². The SMILES string of the molecule is CC(Br)C(Br)COc1cc(/C=C/S(=O)(=O)c2ccc(OCC(F)(F)F)cc2)ccc1O. The maximum atomic E-state index is 12.5. The van der Waals surface area contributed by atoms with Crippen LogP contribution in [-0.2, 0) is 9.84 Å². The Morgan fingerprint density at radius 1 is 1.10 bits per heavy atom. The van der Waals surface area contributed by atoms with Crippen LogP contribution in [0.4, 0.5) is 13.2 Å². The third kappa shape index (κ3) is 8.38. The Morgan fingerprint density at radius 2 is 1.74 bits per heavy atom. The quantitative estimate of drug-likeness (QED) is 0.381. The predicted octanol–water partition coefficient (Wildman–Crippen LogP) is 5.70. The predicted molar refractivity (Wildman–Crippen MR) is 119 cm³/mol. The molecule has 2 unspecified atom stereocenters. The Bertz CT molecular complexity index is 1010. The summed E-state index contributed by atoms with van der Waals surface area (Å²) in [5.41, 5.74) is 0.472. The molecule has 11 heteroatoms. The van der Waals surface area contributed by atoms with Crippen molar-refractivity contribution < 1.29 is 36.2 Å². The zero-order valence-corrected chi connectivity index (χ0v) is 20.1. The summed E-state index contributed by atoms with van der Waals surface area (Å²) in [6.07, 6.45) is -3.16. The second-order valence-electron chi connectivity index (χ2n) is 6.45. The summed E-state index contributed by atoms with van der Waals surface area (Å²) in [6.45, 7) is 0.741. The first-order chi connectivity index (χ1) is 14.4. The van der Waals surface area contributed by atoms with Crippen molar-refractivity contribution in [1.82, 2.24) is 0 Å². The normalized spacial score (nSPS) is 14.4. The summed E-state index contributed by atoms with van der Waals surface area (Å²) in [5.74, 6) is 0.0168. The molecule has 31 heavy (non-hydrogen) atoms. The highest BCUT2D eigenvalue weighted by molar-refractivity contribution is 9.12. The first-order valence-electron chi connectivity index (χ1n) is 8.84. The minimum absolute atomic E-state index is 0.00504. The molecular weight excluding hydrogens is 569 g/mol. The first kappa shape index (κ1) is 25.5. The van der Waals surface area contributed by atoms with E-state index in [1.807, 2.05) is 6.92 Å². The fraction of sp³-hybridized carbons (Fsp3) is 0.300. The Balaban J connectivity index is 2.10. The summed E-state index contributed by atoms with van der Waals surface area (Å²) in [4.78, 5) is 0.0227. The number of alkyl halides is 5. The van der Waals surface area contributed by atoms with Crippen LogP contribution in [-0.4, -0.2) is 42.6 Å². The van der Waals surface area contributed by atoms with E-state index in [2.05, 4.69) is 36.6 Å². The monoisotopic (exact) mass is 586 g/mol. The number of phenols is 1. The van der Waals surface area contributed by atoms with Gasteiger partial charge in [0.1, 0.15) is 12.4 Å². The molecule has 170 valence electrons. The molecule has 0 aliphatic rings. The molecule has 0 radical (unpaired) electrons. The summed E-state index contributed by atoms with van der Waals surface area (Å²) in [6, 6.07) is 9.02. The molecule has 2 aromatic carbocycles.